The van der Waals surface area contributed by atoms with E-state index in [2.05, 4.69) is 32.6 Å². The molecule has 0 N–H and O–H groups in total. The molecule has 3 aliphatic rings. The number of hydrogen-bond donors (Lipinski definition) is 0. The van der Waals surface area contributed by atoms with Gasteiger partial charge in [0, 0.05) is 30.8 Å². The van der Waals surface area contributed by atoms with Crippen LogP contribution in [0.1, 0.15) is 59.8 Å². The number of hydrogen-bond acceptors (Lipinski definition) is 2. The number of Topliss-reactive ketones (excluding diaryl/α,β-unsaturated/α-hetero) is 1. The highest BCUT2D eigenvalue weighted by Crippen LogP contribution is 2.69. The van der Waals surface area contributed by atoms with Gasteiger partial charge in [-0.25, -0.2) is 0 Å². The van der Waals surface area contributed by atoms with Crippen LogP contribution in [0.25, 0.3) is 0 Å². The molecule has 1 saturated heterocycles. The molecular weight excluding hydrogens is 250 g/mol. The van der Waals surface area contributed by atoms with Gasteiger partial charge >= 0.3 is 0 Å². The maximum absolute atomic E-state index is 12.9. The number of amides is 1. The normalized spacial score (nSPS) is 35.6. The van der Waals surface area contributed by atoms with Crippen molar-refractivity contribution >= 4 is 11.7 Å². The third-order valence-corrected chi connectivity index (χ3v) is 6.67. The van der Waals surface area contributed by atoms with Crippen molar-refractivity contribution in [3.63, 3.8) is 0 Å². The molecule has 3 rings (SSSR count). The highest BCUT2D eigenvalue weighted by atomic mass is 16.2. The summed E-state index contributed by atoms with van der Waals surface area (Å²) >= 11 is 0. The molecule has 0 aromatic rings. The van der Waals surface area contributed by atoms with E-state index < -0.39 is 0 Å². The van der Waals surface area contributed by atoms with Gasteiger partial charge in [0.25, 0.3) is 0 Å². The van der Waals surface area contributed by atoms with Crippen molar-refractivity contribution in [2.45, 2.75) is 65.8 Å². The van der Waals surface area contributed by atoms with Crippen molar-refractivity contribution in [1.82, 2.24) is 4.90 Å². The van der Waals surface area contributed by atoms with Crippen molar-refractivity contribution in [2.75, 3.05) is 6.54 Å². The molecule has 3 heteroatoms. The van der Waals surface area contributed by atoms with Crippen LogP contribution in [0.5, 0.6) is 0 Å². The molecule has 112 valence electrons. The van der Waals surface area contributed by atoms with Crippen LogP contribution in [0.3, 0.4) is 0 Å². The second-order valence-corrected chi connectivity index (χ2v) is 8.08. The smallest absolute Gasteiger partial charge is 0.227 e. The fourth-order valence-electron chi connectivity index (χ4n) is 4.71. The molecule has 1 heterocycles. The Morgan fingerprint density at radius 3 is 2.25 bits per heavy atom. The minimum atomic E-state index is 0.0942. The van der Waals surface area contributed by atoms with Crippen LogP contribution in [0.15, 0.2) is 0 Å². The van der Waals surface area contributed by atoms with E-state index in [1.165, 1.54) is 0 Å². The molecule has 3 fully saturated rings. The summed E-state index contributed by atoms with van der Waals surface area (Å²) in [6.45, 7) is 9.64. The zero-order valence-electron chi connectivity index (χ0n) is 13.2. The lowest BCUT2D eigenvalue weighted by Gasteiger charge is -2.29. The fraction of sp³-hybridized carbons (Fsp3) is 0.882. The Morgan fingerprint density at radius 2 is 1.75 bits per heavy atom. The molecule has 2 saturated carbocycles. The maximum Gasteiger partial charge on any atom is 0.227 e. The summed E-state index contributed by atoms with van der Waals surface area (Å²) in [4.78, 5) is 27.0. The highest BCUT2D eigenvalue weighted by molar-refractivity contribution is 5.87. The first-order valence-electron chi connectivity index (χ1n) is 8.11. The van der Waals surface area contributed by atoms with Crippen molar-refractivity contribution in [3.05, 3.63) is 0 Å². The molecule has 2 unspecified atom stereocenters. The number of rotatable bonds is 2. The lowest BCUT2D eigenvalue weighted by Crippen LogP contribution is -2.43. The van der Waals surface area contributed by atoms with Crippen LogP contribution >= 0.6 is 0 Å². The average Bonchev–Trinajstić information content (AvgIpc) is 2.81. The summed E-state index contributed by atoms with van der Waals surface area (Å²) < 4.78 is 0. The molecule has 0 aromatic heterocycles. The van der Waals surface area contributed by atoms with E-state index in [0.717, 1.165) is 38.6 Å². The van der Waals surface area contributed by atoms with E-state index in [4.69, 9.17) is 0 Å². The summed E-state index contributed by atoms with van der Waals surface area (Å²) in [6, 6.07) is 0.199. The van der Waals surface area contributed by atoms with Crippen LogP contribution in [0.4, 0.5) is 0 Å². The summed E-state index contributed by atoms with van der Waals surface area (Å²) in [5, 5.41) is 0. The molecule has 0 radical (unpaired) electrons. The van der Waals surface area contributed by atoms with E-state index in [0.29, 0.717) is 11.7 Å². The molecule has 1 aliphatic heterocycles. The lowest BCUT2D eigenvalue weighted by atomic mass is 9.94. The van der Waals surface area contributed by atoms with Crippen LogP contribution in [0, 0.1) is 22.7 Å². The van der Waals surface area contributed by atoms with E-state index in [9.17, 15) is 9.59 Å². The molecule has 2 aliphatic carbocycles. The van der Waals surface area contributed by atoms with Crippen LogP contribution in [-0.2, 0) is 9.59 Å². The minimum Gasteiger partial charge on any atom is -0.339 e. The van der Waals surface area contributed by atoms with Crippen LogP contribution in [-0.4, -0.2) is 29.2 Å². The van der Waals surface area contributed by atoms with Gasteiger partial charge in [0.05, 0.1) is 0 Å². The van der Waals surface area contributed by atoms with Gasteiger partial charge in [0.15, 0.2) is 0 Å². The van der Waals surface area contributed by atoms with Crippen LogP contribution in [0.2, 0.25) is 0 Å². The first kappa shape index (κ1) is 14.1. The Bertz CT molecular complexity index is 438. The van der Waals surface area contributed by atoms with E-state index in [1.807, 2.05) is 0 Å². The third kappa shape index (κ3) is 1.78. The molecule has 0 bridgehead atoms. The molecular formula is C17H27NO2. The first-order chi connectivity index (χ1) is 9.28. The first-order valence-corrected chi connectivity index (χ1v) is 8.11. The number of ketones is 1. The predicted octanol–water partition coefficient (Wildman–Crippen LogP) is 3.03. The third-order valence-electron chi connectivity index (χ3n) is 6.67. The zero-order chi connectivity index (χ0) is 14.7. The van der Waals surface area contributed by atoms with Gasteiger partial charge in [-0.1, -0.05) is 27.7 Å². The number of nitrogens with zero attached hydrogens (tertiary/aromatic N) is 1. The molecule has 20 heavy (non-hydrogen) atoms. The standard InChI is InChI=1S/C17H27NO2/c1-16(2)14(17(16,3)4)15(20)18-10-6-8-12(18)11-7-5-9-13(11)19/h11-12,14H,5-10H2,1-4H3. The van der Waals surface area contributed by atoms with Gasteiger partial charge in [0.2, 0.25) is 5.91 Å². The minimum absolute atomic E-state index is 0.0942. The molecule has 3 nitrogen and oxygen atoms in total. The van der Waals surface area contributed by atoms with E-state index >= 15 is 0 Å². The molecule has 0 spiro atoms. The van der Waals surface area contributed by atoms with Crippen molar-refractivity contribution in [1.29, 1.82) is 0 Å². The largest absolute Gasteiger partial charge is 0.339 e. The highest BCUT2D eigenvalue weighted by Gasteiger charge is 2.69. The van der Waals surface area contributed by atoms with Gasteiger partial charge in [-0.3, -0.25) is 9.59 Å². The van der Waals surface area contributed by atoms with Crippen molar-refractivity contribution < 1.29 is 9.59 Å². The van der Waals surface area contributed by atoms with Gasteiger partial charge in [-0.05, 0) is 36.5 Å². The second kappa shape index (κ2) is 4.32. The van der Waals surface area contributed by atoms with Gasteiger partial charge in [-0.15, -0.1) is 0 Å². The molecule has 0 aromatic carbocycles. The average molecular weight is 277 g/mol. The Morgan fingerprint density at radius 1 is 1.10 bits per heavy atom. The number of carbonyl (C=O) groups excluding carboxylic acids is 2. The van der Waals surface area contributed by atoms with E-state index in [1.54, 1.807) is 0 Å². The van der Waals surface area contributed by atoms with Crippen molar-refractivity contribution in [3.8, 4) is 0 Å². The van der Waals surface area contributed by atoms with E-state index in [-0.39, 0.29) is 28.7 Å². The molecule has 1 amide bonds. The van der Waals surface area contributed by atoms with Crippen LogP contribution < -0.4 is 0 Å². The molecule has 2 atom stereocenters. The Balaban J connectivity index is 1.77. The number of carbonyl (C=O) groups is 2. The zero-order valence-corrected chi connectivity index (χ0v) is 13.2. The summed E-state index contributed by atoms with van der Waals surface area (Å²) in [6.07, 6.45) is 4.82. The topological polar surface area (TPSA) is 37.4 Å². The lowest BCUT2D eigenvalue weighted by molar-refractivity contribution is -0.136. The predicted molar refractivity (Wildman–Crippen MR) is 78.1 cm³/mol. The summed E-state index contributed by atoms with van der Waals surface area (Å²) in [5.74, 6) is 0.963. The number of likely N-dealkylation sites (tertiary alicyclic amines) is 1. The Labute approximate surface area is 122 Å². The van der Waals surface area contributed by atoms with Gasteiger partial charge in [-0.2, -0.15) is 0 Å². The van der Waals surface area contributed by atoms with Gasteiger partial charge in [0.1, 0.15) is 5.78 Å². The SMILES string of the molecule is CC1(C)C(C(=O)N2CCCC2C2CCCC2=O)C1(C)C. The quantitative estimate of drug-likeness (QED) is 0.778. The van der Waals surface area contributed by atoms with Crippen molar-refractivity contribution in [2.24, 2.45) is 22.7 Å². The fourth-order valence-corrected chi connectivity index (χ4v) is 4.71. The Hall–Kier alpha value is -0.860. The summed E-state index contributed by atoms with van der Waals surface area (Å²) in [5.41, 5.74) is 0.188. The Kier molecular flexibility index (Phi) is 3.04. The monoisotopic (exact) mass is 277 g/mol. The maximum atomic E-state index is 12.9. The second-order valence-electron chi connectivity index (χ2n) is 8.08. The summed E-state index contributed by atoms with van der Waals surface area (Å²) in [7, 11) is 0. The van der Waals surface area contributed by atoms with Gasteiger partial charge < -0.3 is 4.90 Å².